The molecular formula is C22H21F3N2O2S. The molecule has 0 saturated heterocycles. The van der Waals surface area contributed by atoms with Crippen LogP contribution in [0, 0.1) is 0 Å². The normalized spacial score (nSPS) is 11.4. The summed E-state index contributed by atoms with van der Waals surface area (Å²) in [5, 5.41) is 2.61. The Morgan fingerprint density at radius 3 is 2.50 bits per heavy atom. The highest BCUT2D eigenvalue weighted by Gasteiger charge is 2.30. The predicted octanol–water partition coefficient (Wildman–Crippen LogP) is 5.43. The molecule has 0 unspecified atom stereocenters. The summed E-state index contributed by atoms with van der Waals surface area (Å²) < 4.78 is 43.6. The Morgan fingerprint density at radius 2 is 1.83 bits per heavy atom. The minimum absolute atomic E-state index is 0.116. The number of amides is 1. The molecule has 158 valence electrons. The number of benzene rings is 2. The van der Waals surface area contributed by atoms with Crippen molar-refractivity contribution < 1.29 is 22.7 Å². The predicted molar refractivity (Wildman–Crippen MR) is 110 cm³/mol. The van der Waals surface area contributed by atoms with E-state index in [0.29, 0.717) is 17.9 Å². The van der Waals surface area contributed by atoms with E-state index in [9.17, 15) is 18.0 Å². The van der Waals surface area contributed by atoms with E-state index in [4.69, 9.17) is 4.74 Å². The van der Waals surface area contributed by atoms with Crippen LogP contribution in [0.15, 0.2) is 53.9 Å². The van der Waals surface area contributed by atoms with Crippen molar-refractivity contribution in [1.82, 2.24) is 9.88 Å². The van der Waals surface area contributed by atoms with Gasteiger partial charge in [-0.3, -0.25) is 4.79 Å². The zero-order valence-electron chi connectivity index (χ0n) is 16.6. The standard InChI is InChI=1S/C22H21F3N2O2S/c1-3-29-19-7-5-4-6-18(19)21-26-17(14-30-21)12-20(28)27(2)13-15-8-10-16(11-9-15)22(23,24)25/h4-11,14H,3,12-13H2,1-2H3. The van der Waals surface area contributed by atoms with Gasteiger partial charge in [-0.1, -0.05) is 24.3 Å². The smallest absolute Gasteiger partial charge is 0.416 e. The fraction of sp³-hybridized carbons (Fsp3) is 0.273. The molecule has 8 heteroatoms. The van der Waals surface area contributed by atoms with Crippen LogP contribution in [0.25, 0.3) is 10.6 Å². The second-order valence-corrected chi connectivity index (χ2v) is 7.55. The molecule has 1 aromatic heterocycles. The number of carbonyl (C=O) groups is 1. The van der Waals surface area contributed by atoms with E-state index in [1.165, 1.54) is 28.4 Å². The molecule has 0 N–H and O–H groups in total. The molecule has 0 spiro atoms. The van der Waals surface area contributed by atoms with Crippen molar-refractivity contribution in [3.8, 4) is 16.3 Å². The number of ether oxygens (including phenoxy) is 1. The molecule has 3 rings (SSSR count). The van der Waals surface area contributed by atoms with Crippen LogP contribution in [0.4, 0.5) is 13.2 Å². The zero-order chi connectivity index (χ0) is 21.7. The average Bonchev–Trinajstić information content (AvgIpc) is 3.16. The number of carbonyl (C=O) groups excluding carboxylic acids is 1. The second-order valence-electron chi connectivity index (χ2n) is 6.69. The van der Waals surface area contributed by atoms with E-state index >= 15 is 0 Å². The molecule has 2 aromatic carbocycles. The summed E-state index contributed by atoms with van der Waals surface area (Å²) in [6.07, 6.45) is -4.26. The number of hydrogen-bond acceptors (Lipinski definition) is 4. The highest BCUT2D eigenvalue weighted by Crippen LogP contribution is 2.32. The summed E-state index contributed by atoms with van der Waals surface area (Å²) >= 11 is 1.44. The Morgan fingerprint density at radius 1 is 1.13 bits per heavy atom. The lowest BCUT2D eigenvalue weighted by molar-refractivity contribution is -0.137. The maximum absolute atomic E-state index is 12.7. The molecule has 3 aromatic rings. The van der Waals surface area contributed by atoms with Crippen LogP contribution in [0.5, 0.6) is 5.75 Å². The minimum atomic E-state index is -4.37. The zero-order valence-corrected chi connectivity index (χ0v) is 17.4. The first-order valence-corrected chi connectivity index (χ1v) is 10.2. The van der Waals surface area contributed by atoms with Gasteiger partial charge in [0.15, 0.2) is 0 Å². The van der Waals surface area contributed by atoms with Crippen LogP contribution in [-0.4, -0.2) is 29.4 Å². The SMILES string of the molecule is CCOc1ccccc1-c1nc(CC(=O)N(C)Cc2ccc(C(F)(F)F)cc2)cs1. The van der Waals surface area contributed by atoms with Crippen LogP contribution >= 0.6 is 11.3 Å². The maximum Gasteiger partial charge on any atom is 0.416 e. The van der Waals surface area contributed by atoms with Crippen molar-refractivity contribution in [3.63, 3.8) is 0 Å². The number of halogens is 3. The van der Waals surface area contributed by atoms with Gasteiger partial charge >= 0.3 is 6.18 Å². The van der Waals surface area contributed by atoms with E-state index in [-0.39, 0.29) is 18.9 Å². The third-order valence-corrected chi connectivity index (χ3v) is 5.35. The maximum atomic E-state index is 12.7. The monoisotopic (exact) mass is 434 g/mol. The Hall–Kier alpha value is -2.87. The molecule has 0 bridgehead atoms. The lowest BCUT2D eigenvalue weighted by Gasteiger charge is -2.17. The van der Waals surface area contributed by atoms with Crippen molar-refractivity contribution in [2.75, 3.05) is 13.7 Å². The third-order valence-electron chi connectivity index (χ3n) is 4.43. The number of alkyl halides is 3. The lowest BCUT2D eigenvalue weighted by Crippen LogP contribution is -2.27. The molecule has 0 saturated carbocycles. The topological polar surface area (TPSA) is 42.4 Å². The lowest BCUT2D eigenvalue weighted by atomic mass is 10.1. The van der Waals surface area contributed by atoms with Gasteiger partial charge in [0.2, 0.25) is 5.91 Å². The van der Waals surface area contributed by atoms with Gasteiger partial charge in [0.05, 0.1) is 29.8 Å². The number of rotatable bonds is 7. The quantitative estimate of drug-likeness (QED) is 0.498. The first-order valence-electron chi connectivity index (χ1n) is 9.34. The molecule has 0 fully saturated rings. The largest absolute Gasteiger partial charge is 0.493 e. The number of aromatic nitrogens is 1. The molecular weight excluding hydrogens is 413 g/mol. The molecule has 0 atom stereocenters. The van der Waals surface area contributed by atoms with Gasteiger partial charge < -0.3 is 9.64 Å². The van der Waals surface area contributed by atoms with Crippen LogP contribution in [0.3, 0.4) is 0 Å². The van der Waals surface area contributed by atoms with E-state index in [1.54, 1.807) is 7.05 Å². The van der Waals surface area contributed by atoms with Crippen molar-refractivity contribution in [2.24, 2.45) is 0 Å². The Labute approximate surface area is 176 Å². The van der Waals surface area contributed by atoms with Crippen molar-refractivity contribution in [2.45, 2.75) is 26.1 Å². The van der Waals surface area contributed by atoms with Crippen LogP contribution in [0.2, 0.25) is 0 Å². The third kappa shape index (κ3) is 5.38. The van der Waals surface area contributed by atoms with Gasteiger partial charge in [-0.15, -0.1) is 11.3 Å². The van der Waals surface area contributed by atoms with Crippen molar-refractivity contribution in [3.05, 3.63) is 70.7 Å². The van der Waals surface area contributed by atoms with Gasteiger partial charge in [0.25, 0.3) is 0 Å². The Kier molecular flexibility index (Phi) is 6.77. The average molecular weight is 434 g/mol. The Bertz CT molecular complexity index is 1000. The van der Waals surface area contributed by atoms with E-state index in [0.717, 1.165) is 28.5 Å². The Balaban J connectivity index is 1.64. The summed E-state index contributed by atoms with van der Waals surface area (Å²) in [7, 11) is 1.62. The summed E-state index contributed by atoms with van der Waals surface area (Å²) in [5.74, 6) is 0.580. The molecule has 30 heavy (non-hydrogen) atoms. The summed E-state index contributed by atoms with van der Waals surface area (Å²) in [4.78, 5) is 18.6. The number of thiazole rings is 1. The summed E-state index contributed by atoms with van der Waals surface area (Å²) in [6, 6.07) is 12.4. The van der Waals surface area contributed by atoms with Gasteiger partial charge in [-0.05, 0) is 36.8 Å². The highest BCUT2D eigenvalue weighted by atomic mass is 32.1. The van der Waals surface area contributed by atoms with Crippen LogP contribution < -0.4 is 4.74 Å². The highest BCUT2D eigenvalue weighted by molar-refractivity contribution is 7.13. The summed E-state index contributed by atoms with van der Waals surface area (Å²) in [6.45, 7) is 2.68. The fourth-order valence-electron chi connectivity index (χ4n) is 2.89. The molecule has 1 heterocycles. The van der Waals surface area contributed by atoms with E-state index in [1.807, 2.05) is 36.6 Å². The van der Waals surface area contributed by atoms with Gasteiger partial charge in [0.1, 0.15) is 10.8 Å². The molecule has 0 radical (unpaired) electrons. The molecule has 1 amide bonds. The summed E-state index contributed by atoms with van der Waals surface area (Å²) in [5.41, 5.74) is 1.44. The van der Waals surface area contributed by atoms with Crippen molar-refractivity contribution in [1.29, 1.82) is 0 Å². The first kappa shape index (κ1) is 21.8. The number of likely N-dealkylation sites (N-methyl/N-ethyl adjacent to an activating group) is 1. The van der Waals surface area contributed by atoms with Gasteiger partial charge in [-0.2, -0.15) is 13.2 Å². The van der Waals surface area contributed by atoms with Crippen LogP contribution in [-0.2, 0) is 23.9 Å². The molecule has 0 aliphatic heterocycles. The van der Waals surface area contributed by atoms with E-state index < -0.39 is 11.7 Å². The van der Waals surface area contributed by atoms with E-state index in [2.05, 4.69) is 4.98 Å². The second kappa shape index (κ2) is 9.30. The molecule has 0 aliphatic carbocycles. The number of hydrogen-bond donors (Lipinski definition) is 0. The number of nitrogens with zero attached hydrogens (tertiary/aromatic N) is 2. The van der Waals surface area contributed by atoms with Gasteiger partial charge in [0, 0.05) is 19.0 Å². The minimum Gasteiger partial charge on any atom is -0.493 e. The van der Waals surface area contributed by atoms with Crippen molar-refractivity contribution >= 4 is 17.2 Å². The number of para-hydroxylation sites is 1. The molecule has 0 aliphatic rings. The van der Waals surface area contributed by atoms with Gasteiger partial charge in [-0.25, -0.2) is 4.98 Å². The first-order chi connectivity index (χ1) is 14.3. The van der Waals surface area contributed by atoms with Crippen LogP contribution in [0.1, 0.15) is 23.7 Å². The fourth-order valence-corrected chi connectivity index (χ4v) is 3.74. The molecule has 4 nitrogen and oxygen atoms in total.